The SMILES string of the molecule is CCn1c(CN2Cc3ccc(F)cc3C2)ncc(O)c1=O. The minimum Gasteiger partial charge on any atom is -0.502 e. The molecule has 0 saturated carbocycles. The van der Waals surface area contributed by atoms with Gasteiger partial charge in [-0.3, -0.25) is 14.3 Å². The zero-order valence-corrected chi connectivity index (χ0v) is 11.7. The zero-order valence-electron chi connectivity index (χ0n) is 11.7. The third-order valence-corrected chi connectivity index (χ3v) is 3.75. The van der Waals surface area contributed by atoms with Crippen LogP contribution in [0.4, 0.5) is 4.39 Å². The van der Waals surface area contributed by atoms with Gasteiger partial charge >= 0.3 is 0 Å². The summed E-state index contributed by atoms with van der Waals surface area (Å²) in [5.74, 6) is 0.0322. The van der Waals surface area contributed by atoms with Gasteiger partial charge < -0.3 is 5.11 Å². The van der Waals surface area contributed by atoms with Gasteiger partial charge in [0.1, 0.15) is 11.6 Å². The Morgan fingerprint density at radius 1 is 1.33 bits per heavy atom. The van der Waals surface area contributed by atoms with Crippen molar-refractivity contribution in [3.8, 4) is 5.75 Å². The van der Waals surface area contributed by atoms with Crippen molar-refractivity contribution in [2.24, 2.45) is 0 Å². The Balaban J connectivity index is 1.84. The smallest absolute Gasteiger partial charge is 0.295 e. The Labute approximate surface area is 121 Å². The van der Waals surface area contributed by atoms with Gasteiger partial charge in [0, 0.05) is 19.6 Å². The van der Waals surface area contributed by atoms with Gasteiger partial charge in [0.2, 0.25) is 0 Å². The number of hydrogen-bond acceptors (Lipinski definition) is 4. The number of halogens is 1. The van der Waals surface area contributed by atoms with Crippen molar-refractivity contribution in [1.29, 1.82) is 0 Å². The summed E-state index contributed by atoms with van der Waals surface area (Å²) in [4.78, 5) is 18.1. The molecule has 3 rings (SSSR count). The maximum Gasteiger partial charge on any atom is 0.295 e. The fourth-order valence-corrected chi connectivity index (χ4v) is 2.71. The van der Waals surface area contributed by atoms with Crippen molar-refractivity contribution in [3.05, 3.63) is 57.5 Å². The second-order valence-electron chi connectivity index (χ2n) is 5.17. The summed E-state index contributed by atoms with van der Waals surface area (Å²) >= 11 is 0. The molecule has 1 aliphatic rings. The summed E-state index contributed by atoms with van der Waals surface area (Å²) in [6.45, 7) is 4.11. The van der Waals surface area contributed by atoms with Crippen LogP contribution in [0.2, 0.25) is 0 Å². The maximum absolute atomic E-state index is 13.2. The van der Waals surface area contributed by atoms with E-state index in [9.17, 15) is 14.3 Å². The second-order valence-corrected chi connectivity index (χ2v) is 5.17. The molecule has 0 saturated heterocycles. The van der Waals surface area contributed by atoms with E-state index in [1.165, 1.54) is 16.8 Å². The predicted molar refractivity (Wildman–Crippen MR) is 75.2 cm³/mol. The van der Waals surface area contributed by atoms with Gasteiger partial charge in [0.25, 0.3) is 5.56 Å². The normalized spacial score (nSPS) is 14.4. The second kappa shape index (κ2) is 5.29. The highest BCUT2D eigenvalue weighted by atomic mass is 19.1. The average molecular weight is 289 g/mol. The van der Waals surface area contributed by atoms with Crippen LogP contribution in [-0.2, 0) is 26.2 Å². The molecule has 1 aliphatic heterocycles. The molecular weight excluding hydrogens is 273 g/mol. The van der Waals surface area contributed by atoms with Crippen molar-refractivity contribution in [1.82, 2.24) is 14.5 Å². The number of benzene rings is 1. The largest absolute Gasteiger partial charge is 0.502 e. The molecule has 1 aromatic carbocycles. The summed E-state index contributed by atoms with van der Waals surface area (Å²) in [5.41, 5.74) is 1.64. The lowest BCUT2D eigenvalue weighted by Crippen LogP contribution is -2.28. The minimum atomic E-state index is -0.426. The molecule has 0 fully saturated rings. The summed E-state index contributed by atoms with van der Waals surface area (Å²) in [6, 6.07) is 4.80. The lowest BCUT2D eigenvalue weighted by atomic mass is 10.1. The Kier molecular flexibility index (Phi) is 3.47. The quantitative estimate of drug-likeness (QED) is 0.933. The third-order valence-electron chi connectivity index (χ3n) is 3.75. The first-order valence-corrected chi connectivity index (χ1v) is 6.86. The van der Waals surface area contributed by atoms with Crippen LogP contribution in [-0.4, -0.2) is 19.6 Å². The molecule has 110 valence electrons. The third kappa shape index (κ3) is 2.54. The number of hydrogen-bond donors (Lipinski definition) is 1. The average Bonchev–Trinajstić information content (AvgIpc) is 2.84. The van der Waals surface area contributed by atoms with Crippen LogP contribution in [0.25, 0.3) is 0 Å². The summed E-state index contributed by atoms with van der Waals surface area (Å²) < 4.78 is 14.7. The summed E-state index contributed by atoms with van der Waals surface area (Å²) in [7, 11) is 0. The van der Waals surface area contributed by atoms with E-state index in [-0.39, 0.29) is 11.6 Å². The molecule has 0 amide bonds. The highest BCUT2D eigenvalue weighted by molar-refractivity contribution is 5.31. The molecule has 0 atom stereocenters. The topological polar surface area (TPSA) is 58.4 Å². The van der Waals surface area contributed by atoms with E-state index >= 15 is 0 Å². The van der Waals surface area contributed by atoms with Gasteiger partial charge in [-0.05, 0) is 30.2 Å². The van der Waals surface area contributed by atoms with Crippen LogP contribution in [0.3, 0.4) is 0 Å². The Bertz CT molecular complexity index is 742. The van der Waals surface area contributed by atoms with E-state index in [1.54, 1.807) is 12.1 Å². The first-order valence-electron chi connectivity index (χ1n) is 6.86. The lowest BCUT2D eigenvalue weighted by molar-refractivity contribution is 0.261. The standard InChI is InChI=1S/C15H16FN3O2/c1-2-19-14(17-6-13(20)15(19)21)9-18-7-10-3-4-12(16)5-11(10)8-18/h3-6,20H,2,7-9H2,1H3. The fraction of sp³-hybridized carbons (Fsp3) is 0.333. The highest BCUT2D eigenvalue weighted by Gasteiger charge is 2.21. The van der Waals surface area contributed by atoms with Crippen LogP contribution < -0.4 is 5.56 Å². The van der Waals surface area contributed by atoms with E-state index < -0.39 is 5.56 Å². The first kappa shape index (κ1) is 13.8. The van der Waals surface area contributed by atoms with Crippen LogP contribution in [0.1, 0.15) is 23.9 Å². The zero-order chi connectivity index (χ0) is 15.0. The highest BCUT2D eigenvalue weighted by Crippen LogP contribution is 2.24. The van der Waals surface area contributed by atoms with Crippen molar-refractivity contribution >= 4 is 0 Å². The van der Waals surface area contributed by atoms with Gasteiger partial charge in [-0.1, -0.05) is 6.07 Å². The van der Waals surface area contributed by atoms with Crippen molar-refractivity contribution in [2.45, 2.75) is 33.1 Å². The molecule has 0 spiro atoms. The van der Waals surface area contributed by atoms with E-state index in [1.807, 2.05) is 6.92 Å². The molecule has 6 heteroatoms. The molecule has 5 nitrogen and oxygen atoms in total. The van der Waals surface area contributed by atoms with Gasteiger partial charge in [-0.25, -0.2) is 9.37 Å². The van der Waals surface area contributed by atoms with Gasteiger partial charge in [0.05, 0.1) is 12.7 Å². The monoisotopic (exact) mass is 289 g/mol. The van der Waals surface area contributed by atoms with Crippen LogP contribution >= 0.6 is 0 Å². The summed E-state index contributed by atoms with van der Waals surface area (Å²) in [5, 5.41) is 9.44. The number of fused-ring (bicyclic) bond motifs is 1. The van der Waals surface area contributed by atoms with Crippen LogP contribution in [0.5, 0.6) is 5.75 Å². The fourth-order valence-electron chi connectivity index (χ4n) is 2.71. The molecule has 0 radical (unpaired) electrons. The number of rotatable bonds is 3. The Morgan fingerprint density at radius 2 is 2.10 bits per heavy atom. The van der Waals surface area contributed by atoms with Crippen LogP contribution in [0, 0.1) is 5.82 Å². The molecule has 0 unspecified atom stereocenters. The van der Waals surface area contributed by atoms with E-state index in [2.05, 4.69) is 9.88 Å². The Morgan fingerprint density at radius 3 is 2.86 bits per heavy atom. The molecule has 0 aliphatic carbocycles. The number of aromatic hydroxyl groups is 1. The van der Waals surface area contributed by atoms with Crippen molar-refractivity contribution in [3.63, 3.8) is 0 Å². The number of nitrogens with zero attached hydrogens (tertiary/aromatic N) is 3. The summed E-state index contributed by atoms with van der Waals surface area (Å²) in [6.07, 6.45) is 1.19. The molecule has 1 aromatic heterocycles. The molecule has 1 N–H and O–H groups in total. The predicted octanol–water partition coefficient (Wildman–Crippen LogP) is 1.62. The van der Waals surface area contributed by atoms with E-state index in [0.29, 0.717) is 32.0 Å². The van der Waals surface area contributed by atoms with E-state index in [0.717, 1.165) is 11.1 Å². The van der Waals surface area contributed by atoms with Gasteiger partial charge in [-0.2, -0.15) is 0 Å². The van der Waals surface area contributed by atoms with Crippen molar-refractivity contribution < 1.29 is 9.50 Å². The molecular formula is C15H16FN3O2. The van der Waals surface area contributed by atoms with Crippen molar-refractivity contribution in [2.75, 3.05) is 0 Å². The van der Waals surface area contributed by atoms with Gasteiger partial charge in [0.15, 0.2) is 5.75 Å². The Hall–Kier alpha value is -2.21. The molecule has 2 aromatic rings. The maximum atomic E-state index is 13.2. The molecule has 21 heavy (non-hydrogen) atoms. The van der Waals surface area contributed by atoms with Crippen LogP contribution in [0.15, 0.2) is 29.2 Å². The lowest BCUT2D eigenvalue weighted by Gasteiger charge is -2.17. The molecule has 2 heterocycles. The first-order chi connectivity index (χ1) is 10.1. The minimum absolute atomic E-state index is 0.233. The van der Waals surface area contributed by atoms with Gasteiger partial charge in [-0.15, -0.1) is 0 Å². The molecule has 0 bridgehead atoms. The van der Waals surface area contributed by atoms with E-state index in [4.69, 9.17) is 0 Å². The number of aromatic nitrogens is 2.